The lowest BCUT2D eigenvalue weighted by atomic mass is 10.0. The molecule has 0 bridgehead atoms. The first-order valence-electron chi connectivity index (χ1n) is 8.77. The van der Waals surface area contributed by atoms with Crippen molar-refractivity contribution in [2.75, 3.05) is 7.11 Å². The Morgan fingerprint density at radius 1 is 1.10 bits per heavy atom. The number of ether oxygens (including phenoxy) is 1. The molecule has 1 amide bonds. The lowest BCUT2D eigenvalue weighted by Gasteiger charge is -2.18. The summed E-state index contributed by atoms with van der Waals surface area (Å²) in [5.41, 5.74) is 0.976. The number of nitrogens with zero attached hydrogens (tertiary/aromatic N) is 2. The molecular weight excluding hydrogens is 438 g/mol. The summed E-state index contributed by atoms with van der Waals surface area (Å²) in [5.74, 6) is -0.971. The molecule has 0 saturated heterocycles. The Labute approximate surface area is 175 Å². The average Bonchev–Trinajstić information content (AvgIpc) is 2.74. The third kappa shape index (κ3) is 5.17. The van der Waals surface area contributed by atoms with Crippen molar-refractivity contribution < 1.29 is 14.3 Å². The van der Waals surface area contributed by atoms with E-state index >= 15 is 0 Å². The fourth-order valence-corrected chi connectivity index (χ4v) is 3.16. The number of hydrogen-bond acceptors (Lipinski definition) is 5. The summed E-state index contributed by atoms with van der Waals surface area (Å²) in [6, 6.07) is 18.1. The normalized spacial score (nSPS) is 11.5. The number of esters is 1. The van der Waals surface area contributed by atoms with Crippen molar-refractivity contribution in [1.82, 2.24) is 15.1 Å². The predicted molar refractivity (Wildman–Crippen MR) is 111 cm³/mol. The molecule has 8 heteroatoms. The Balaban J connectivity index is 1.90. The molecule has 0 spiro atoms. The van der Waals surface area contributed by atoms with E-state index in [0.29, 0.717) is 5.69 Å². The van der Waals surface area contributed by atoms with Gasteiger partial charge in [0.15, 0.2) is 0 Å². The lowest BCUT2D eigenvalue weighted by molar-refractivity contribution is -0.141. The van der Waals surface area contributed by atoms with Crippen LogP contribution in [0.25, 0.3) is 5.69 Å². The molecule has 0 aliphatic rings. The van der Waals surface area contributed by atoms with Crippen LogP contribution in [0.15, 0.2) is 76.0 Å². The van der Waals surface area contributed by atoms with Crippen LogP contribution in [-0.4, -0.2) is 28.8 Å². The summed E-state index contributed by atoms with van der Waals surface area (Å²) >= 11 is 3.39. The van der Waals surface area contributed by atoms with Gasteiger partial charge in [-0.25, -0.2) is 0 Å². The Morgan fingerprint density at radius 2 is 1.86 bits per heavy atom. The Morgan fingerprint density at radius 3 is 2.55 bits per heavy atom. The monoisotopic (exact) mass is 455 g/mol. The summed E-state index contributed by atoms with van der Waals surface area (Å²) in [5, 5.41) is 6.97. The summed E-state index contributed by atoms with van der Waals surface area (Å²) in [4.78, 5) is 36.8. The van der Waals surface area contributed by atoms with Gasteiger partial charge in [0.25, 0.3) is 11.5 Å². The molecule has 3 aromatic rings. The highest BCUT2D eigenvalue weighted by Gasteiger charge is 2.21. The molecule has 7 nitrogen and oxygen atoms in total. The topological polar surface area (TPSA) is 90.3 Å². The number of halogens is 1. The highest BCUT2D eigenvalue weighted by atomic mass is 79.9. The third-order valence-electron chi connectivity index (χ3n) is 4.19. The highest BCUT2D eigenvalue weighted by Crippen LogP contribution is 2.22. The third-order valence-corrected chi connectivity index (χ3v) is 4.68. The maximum atomic E-state index is 12.8. The zero-order valence-corrected chi connectivity index (χ0v) is 17.1. The van der Waals surface area contributed by atoms with E-state index in [1.807, 2.05) is 24.3 Å². The lowest BCUT2D eigenvalue weighted by Crippen LogP contribution is -2.33. The fourth-order valence-electron chi connectivity index (χ4n) is 2.74. The first-order valence-corrected chi connectivity index (χ1v) is 9.56. The minimum Gasteiger partial charge on any atom is -0.469 e. The molecule has 1 unspecified atom stereocenters. The molecule has 1 N–H and O–H groups in total. The van der Waals surface area contributed by atoms with Crippen molar-refractivity contribution in [3.63, 3.8) is 0 Å². The van der Waals surface area contributed by atoms with E-state index in [1.165, 1.54) is 19.2 Å². The quantitative estimate of drug-likeness (QED) is 0.576. The van der Waals surface area contributed by atoms with E-state index in [1.54, 1.807) is 30.3 Å². The molecule has 1 atom stereocenters. The first-order chi connectivity index (χ1) is 14.0. The molecule has 0 aliphatic carbocycles. The molecule has 0 aliphatic heterocycles. The van der Waals surface area contributed by atoms with Gasteiger partial charge in [0, 0.05) is 10.5 Å². The Kier molecular flexibility index (Phi) is 6.56. The van der Waals surface area contributed by atoms with Gasteiger partial charge in [0.1, 0.15) is 5.69 Å². The number of aromatic nitrogens is 2. The van der Waals surface area contributed by atoms with Crippen LogP contribution in [0.3, 0.4) is 0 Å². The number of carbonyl (C=O) groups is 2. The van der Waals surface area contributed by atoms with Gasteiger partial charge in [0.05, 0.1) is 25.3 Å². The average molecular weight is 456 g/mol. The summed E-state index contributed by atoms with van der Waals surface area (Å²) in [6.07, 6.45) is -0.0446. The predicted octanol–water partition coefficient (Wildman–Crippen LogP) is 3.03. The van der Waals surface area contributed by atoms with E-state index in [9.17, 15) is 14.4 Å². The smallest absolute Gasteiger partial charge is 0.307 e. The Bertz CT molecular complexity index is 1080. The van der Waals surface area contributed by atoms with E-state index in [-0.39, 0.29) is 17.7 Å². The van der Waals surface area contributed by atoms with Gasteiger partial charge in [-0.3, -0.25) is 14.4 Å². The molecule has 1 heterocycles. The van der Waals surface area contributed by atoms with Gasteiger partial charge < -0.3 is 10.1 Å². The van der Waals surface area contributed by atoms with Gasteiger partial charge in [0.2, 0.25) is 0 Å². The molecule has 29 heavy (non-hydrogen) atoms. The fraction of sp³-hybridized carbons (Fsp3) is 0.143. The van der Waals surface area contributed by atoms with Crippen LogP contribution in [0.5, 0.6) is 0 Å². The largest absolute Gasteiger partial charge is 0.469 e. The van der Waals surface area contributed by atoms with Crippen molar-refractivity contribution in [2.24, 2.45) is 0 Å². The number of methoxy groups -OCH3 is 1. The van der Waals surface area contributed by atoms with Crippen LogP contribution in [-0.2, 0) is 9.53 Å². The number of rotatable bonds is 6. The summed E-state index contributed by atoms with van der Waals surface area (Å²) in [6.45, 7) is 0. The minimum atomic E-state index is -0.619. The van der Waals surface area contributed by atoms with Crippen LogP contribution in [0.2, 0.25) is 0 Å². The number of hydrogen-bond donors (Lipinski definition) is 1. The van der Waals surface area contributed by atoms with Crippen molar-refractivity contribution in [3.05, 3.63) is 92.8 Å². The van der Waals surface area contributed by atoms with Crippen LogP contribution in [0.4, 0.5) is 0 Å². The van der Waals surface area contributed by atoms with Gasteiger partial charge in [-0.1, -0.05) is 46.3 Å². The highest BCUT2D eigenvalue weighted by molar-refractivity contribution is 9.10. The molecule has 2 aromatic carbocycles. The molecule has 0 radical (unpaired) electrons. The number of nitrogens with one attached hydrogen (secondary N) is 1. The molecular formula is C21H18BrN3O4. The van der Waals surface area contributed by atoms with E-state index in [2.05, 4.69) is 26.3 Å². The first kappa shape index (κ1) is 20.5. The second-order valence-electron chi connectivity index (χ2n) is 6.17. The SMILES string of the molecule is COC(=O)CC(NC(=O)c1ccc(=O)n(-c2ccccc2)n1)c1cccc(Br)c1. The maximum Gasteiger partial charge on any atom is 0.307 e. The van der Waals surface area contributed by atoms with Gasteiger partial charge in [-0.15, -0.1) is 0 Å². The van der Waals surface area contributed by atoms with Crippen molar-refractivity contribution in [2.45, 2.75) is 12.5 Å². The van der Waals surface area contributed by atoms with E-state index in [4.69, 9.17) is 4.74 Å². The van der Waals surface area contributed by atoms with Gasteiger partial charge >= 0.3 is 5.97 Å². The molecule has 1 aromatic heterocycles. The molecule has 148 valence electrons. The standard InChI is InChI=1S/C21H18BrN3O4/c1-29-20(27)13-18(14-6-5-7-15(22)12-14)23-21(28)17-10-11-19(26)25(24-17)16-8-3-2-4-9-16/h2-12,18H,13H2,1H3,(H,23,28). The molecule has 3 rings (SSSR count). The second kappa shape index (κ2) is 9.29. The van der Waals surface area contributed by atoms with Gasteiger partial charge in [-0.05, 0) is 35.9 Å². The zero-order valence-electron chi connectivity index (χ0n) is 15.5. The molecule has 0 saturated carbocycles. The van der Waals surface area contributed by atoms with E-state index < -0.39 is 17.9 Å². The minimum absolute atomic E-state index is 0.0446. The Hall–Kier alpha value is -3.26. The molecule has 0 fully saturated rings. The van der Waals surface area contributed by atoms with Crippen LogP contribution in [0.1, 0.15) is 28.5 Å². The number of carbonyl (C=O) groups excluding carboxylic acids is 2. The van der Waals surface area contributed by atoms with Crippen LogP contribution < -0.4 is 10.9 Å². The van der Waals surface area contributed by atoms with Crippen molar-refractivity contribution in [3.8, 4) is 5.69 Å². The summed E-state index contributed by atoms with van der Waals surface area (Å²) < 4.78 is 6.72. The number of para-hydroxylation sites is 1. The van der Waals surface area contributed by atoms with Gasteiger partial charge in [-0.2, -0.15) is 9.78 Å². The summed E-state index contributed by atoms with van der Waals surface area (Å²) in [7, 11) is 1.29. The number of amides is 1. The van der Waals surface area contributed by atoms with Crippen molar-refractivity contribution in [1.29, 1.82) is 0 Å². The van der Waals surface area contributed by atoms with Crippen molar-refractivity contribution >= 4 is 27.8 Å². The van der Waals surface area contributed by atoms with Crippen LogP contribution >= 0.6 is 15.9 Å². The second-order valence-corrected chi connectivity index (χ2v) is 7.08. The maximum absolute atomic E-state index is 12.8. The zero-order chi connectivity index (χ0) is 20.8. The van der Waals surface area contributed by atoms with E-state index in [0.717, 1.165) is 14.7 Å². The van der Waals surface area contributed by atoms with Crippen LogP contribution in [0, 0.1) is 0 Å². The number of benzene rings is 2.